The number of alkyl carbamates (subject to hydrolysis) is 1. The van der Waals surface area contributed by atoms with Gasteiger partial charge in [0.1, 0.15) is 5.60 Å². The summed E-state index contributed by atoms with van der Waals surface area (Å²) in [5, 5.41) is 6.61. The second-order valence-corrected chi connectivity index (χ2v) is 7.20. The Balaban J connectivity index is 2.31. The summed E-state index contributed by atoms with van der Waals surface area (Å²) in [4.78, 5) is 11.7. The van der Waals surface area contributed by atoms with Gasteiger partial charge in [-0.05, 0) is 40.0 Å². The number of hydrogen-bond donors (Lipinski definition) is 2. The van der Waals surface area contributed by atoms with Crippen molar-refractivity contribution in [2.75, 3.05) is 6.54 Å². The molecule has 21 heavy (non-hydrogen) atoms. The number of rotatable bonds is 5. The van der Waals surface area contributed by atoms with Crippen LogP contribution >= 0.6 is 0 Å². The zero-order valence-corrected chi connectivity index (χ0v) is 14.3. The Hall–Kier alpha value is -0.770. The summed E-state index contributed by atoms with van der Waals surface area (Å²) in [6.07, 6.45) is 10.0. The molecule has 1 atom stereocenters. The van der Waals surface area contributed by atoms with Gasteiger partial charge in [0.05, 0.1) is 0 Å². The fraction of sp³-hybridized carbons (Fsp3) is 0.941. The van der Waals surface area contributed by atoms with Crippen molar-refractivity contribution >= 4 is 6.09 Å². The Morgan fingerprint density at radius 2 is 1.71 bits per heavy atom. The monoisotopic (exact) mass is 298 g/mol. The molecule has 0 aromatic carbocycles. The predicted molar refractivity (Wildman–Crippen MR) is 87.6 cm³/mol. The van der Waals surface area contributed by atoms with E-state index in [0.29, 0.717) is 18.6 Å². The van der Waals surface area contributed by atoms with Crippen LogP contribution in [0.3, 0.4) is 0 Å². The number of carbonyl (C=O) groups excluding carboxylic acids is 1. The number of amides is 1. The molecule has 1 fully saturated rings. The second-order valence-electron chi connectivity index (χ2n) is 7.20. The number of carbonyl (C=O) groups is 1. The van der Waals surface area contributed by atoms with Crippen LogP contribution in [0.2, 0.25) is 0 Å². The van der Waals surface area contributed by atoms with Gasteiger partial charge in [0.25, 0.3) is 0 Å². The molecule has 0 saturated heterocycles. The molecule has 124 valence electrons. The van der Waals surface area contributed by atoms with Gasteiger partial charge in [-0.2, -0.15) is 0 Å². The molecule has 1 rings (SSSR count). The van der Waals surface area contributed by atoms with Gasteiger partial charge < -0.3 is 15.4 Å². The van der Waals surface area contributed by atoms with Crippen molar-refractivity contribution in [3.05, 3.63) is 0 Å². The first-order chi connectivity index (χ1) is 9.90. The highest BCUT2D eigenvalue weighted by Gasteiger charge is 2.19. The maximum atomic E-state index is 11.7. The molecule has 0 heterocycles. The highest BCUT2D eigenvalue weighted by atomic mass is 16.6. The first kappa shape index (κ1) is 18.3. The molecule has 0 bridgehead atoms. The van der Waals surface area contributed by atoms with Gasteiger partial charge in [-0.15, -0.1) is 0 Å². The third-order valence-corrected chi connectivity index (χ3v) is 3.96. The van der Waals surface area contributed by atoms with E-state index in [4.69, 9.17) is 4.74 Å². The highest BCUT2D eigenvalue weighted by molar-refractivity contribution is 5.67. The van der Waals surface area contributed by atoms with Crippen LogP contribution < -0.4 is 10.6 Å². The average Bonchev–Trinajstić information content (AvgIpc) is 2.34. The summed E-state index contributed by atoms with van der Waals surface area (Å²) in [5.41, 5.74) is -0.432. The quantitative estimate of drug-likeness (QED) is 0.807. The summed E-state index contributed by atoms with van der Waals surface area (Å²) < 4.78 is 5.28. The van der Waals surface area contributed by atoms with Crippen LogP contribution in [-0.4, -0.2) is 30.3 Å². The summed E-state index contributed by atoms with van der Waals surface area (Å²) in [6, 6.07) is 0.942. The van der Waals surface area contributed by atoms with Crippen molar-refractivity contribution < 1.29 is 9.53 Å². The minimum absolute atomic E-state index is 0.319. The number of ether oxygens (including phenoxy) is 1. The van der Waals surface area contributed by atoms with Gasteiger partial charge in [-0.25, -0.2) is 4.79 Å². The minimum Gasteiger partial charge on any atom is -0.444 e. The first-order valence-corrected chi connectivity index (χ1v) is 8.63. The van der Waals surface area contributed by atoms with E-state index in [1.54, 1.807) is 0 Å². The Morgan fingerprint density at radius 1 is 1.14 bits per heavy atom. The van der Waals surface area contributed by atoms with Gasteiger partial charge in [-0.1, -0.05) is 39.0 Å². The molecule has 1 aliphatic rings. The molecular formula is C17H34N2O2. The van der Waals surface area contributed by atoms with E-state index in [9.17, 15) is 4.79 Å². The zero-order valence-electron chi connectivity index (χ0n) is 14.3. The van der Waals surface area contributed by atoms with Crippen molar-refractivity contribution in [2.24, 2.45) is 0 Å². The van der Waals surface area contributed by atoms with Crippen molar-refractivity contribution in [2.45, 2.75) is 96.7 Å². The van der Waals surface area contributed by atoms with Crippen molar-refractivity contribution in [3.8, 4) is 0 Å². The van der Waals surface area contributed by atoms with E-state index >= 15 is 0 Å². The topological polar surface area (TPSA) is 50.4 Å². The molecular weight excluding hydrogens is 264 g/mol. The lowest BCUT2D eigenvalue weighted by molar-refractivity contribution is 0.0521. The third-order valence-electron chi connectivity index (χ3n) is 3.96. The summed E-state index contributed by atoms with van der Waals surface area (Å²) in [7, 11) is 0. The summed E-state index contributed by atoms with van der Waals surface area (Å²) in [5.74, 6) is 0. The average molecular weight is 298 g/mol. The highest BCUT2D eigenvalue weighted by Crippen LogP contribution is 2.17. The van der Waals surface area contributed by atoms with Crippen LogP contribution in [0, 0.1) is 0 Å². The molecule has 2 N–H and O–H groups in total. The number of hydrogen-bond acceptors (Lipinski definition) is 3. The molecule has 0 aliphatic heterocycles. The van der Waals surface area contributed by atoms with E-state index in [1.807, 2.05) is 20.8 Å². The summed E-state index contributed by atoms with van der Waals surface area (Å²) >= 11 is 0. The third kappa shape index (κ3) is 8.97. The van der Waals surface area contributed by atoms with Gasteiger partial charge in [0.2, 0.25) is 0 Å². The smallest absolute Gasteiger partial charge is 0.407 e. The maximum absolute atomic E-state index is 11.7. The Morgan fingerprint density at radius 3 is 2.24 bits per heavy atom. The molecule has 1 aliphatic carbocycles. The van der Waals surface area contributed by atoms with E-state index < -0.39 is 5.60 Å². The molecule has 0 radical (unpaired) electrons. The number of nitrogens with one attached hydrogen (secondary N) is 2. The van der Waals surface area contributed by atoms with Crippen LogP contribution in [0.5, 0.6) is 0 Å². The second kappa shape index (κ2) is 9.29. The van der Waals surface area contributed by atoms with Crippen molar-refractivity contribution in [1.82, 2.24) is 10.6 Å². The molecule has 0 aromatic rings. The lowest BCUT2D eigenvalue weighted by atomic mass is 9.96. The van der Waals surface area contributed by atoms with Crippen LogP contribution in [0.25, 0.3) is 0 Å². The molecule has 0 aromatic heterocycles. The Labute approximate surface area is 130 Å². The molecule has 4 nitrogen and oxygen atoms in total. The van der Waals surface area contributed by atoms with Gasteiger partial charge in [-0.3, -0.25) is 0 Å². The van der Waals surface area contributed by atoms with E-state index in [1.165, 1.54) is 44.9 Å². The molecule has 0 spiro atoms. The first-order valence-electron chi connectivity index (χ1n) is 8.63. The molecule has 1 unspecified atom stereocenters. The zero-order chi connectivity index (χ0) is 15.7. The fourth-order valence-corrected chi connectivity index (χ4v) is 2.80. The normalized spacial score (nSPS) is 19.4. The van der Waals surface area contributed by atoms with E-state index in [-0.39, 0.29) is 6.09 Å². The van der Waals surface area contributed by atoms with Crippen LogP contribution in [0.4, 0.5) is 4.79 Å². The largest absolute Gasteiger partial charge is 0.444 e. The maximum Gasteiger partial charge on any atom is 0.407 e. The van der Waals surface area contributed by atoms with Crippen molar-refractivity contribution in [1.29, 1.82) is 0 Å². The van der Waals surface area contributed by atoms with Crippen LogP contribution in [-0.2, 0) is 4.74 Å². The standard InChI is InChI=1S/C17H34N2O2/c1-5-14(13-18-16(20)21-17(2,3)4)19-15-11-9-7-6-8-10-12-15/h14-15,19H,5-13H2,1-4H3,(H,18,20). The Bertz CT molecular complexity index is 292. The molecule has 1 saturated carbocycles. The van der Waals surface area contributed by atoms with E-state index in [2.05, 4.69) is 17.6 Å². The van der Waals surface area contributed by atoms with Crippen LogP contribution in [0.15, 0.2) is 0 Å². The van der Waals surface area contributed by atoms with Gasteiger partial charge in [0, 0.05) is 18.6 Å². The predicted octanol–water partition coefficient (Wildman–Crippen LogP) is 3.99. The van der Waals surface area contributed by atoms with E-state index in [0.717, 1.165) is 6.42 Å². The lowest BCUT2D eigenvalue weighted by Gasteiger charge is -2.27. The molecule has 1 amide bonds. The lowest BCUT2D eigenvalue weighted by Crippen LogP contribution is -2.46. The van der Waals surface area contributed by atoms with Gasteiger partial charge in [0.15, 0.2) is 0 Å². The summed E-state index contributed by atoms with van der Waals surface area (Å²) in [6.45, 7) is 8.46. The van der Waals surface area contributed by atoms with Crippen molar-refractivity contribution in [3.63, 3.8) is 0 Å². The van der Waals surface area contributed by atoms with Gasteiger partial charge >= 0.3 is 6.09 Å². The van der Waals surface area contributed by atoms with Crippen LogP contribution in [0.1, 0.15) is 79.1 Å². The fourth-order valence-electron chi connectivity index (χ4n) is 2.80. The minimum atomic E-state index is -0.432. The SMILES string of the molecule is CCC(CNC(=O)OC(C)(C)C)NC1CCCCCCC1. The molecule has 4 heteroatoms. The Kier molecular flexibility index (Phi) is 8.09.